The second-order valence-electron chi connectivity index (χ2n) is 6.09. The maximum atomic E-state index is 4.90. The number of hydrogen-bond donors (Lipinski definition) is 1. The van der Waals surface area contributed by atoms with Crippen LogP contribution in [0.1, 0.15) is 51.1 Å². The molecule has 2 rings (SSSR count). The molecule has 1 fully saturated rings. The lowest BCUT2D eigenvalue weighted by Gasteiger charge is -2.35. The summed E-state index contributed by atoms with van der Waals surface area (Å²) in [6, 6.07) is 0. The van der Waals surface area contributed by atoms with Crippen LogP contribution in [0.2, 0.25) is 0 Å². The lowest BCUT2D eigenvalue weighted by atomic mass is 9.89. The van der Waals surface area contributed by atoms with Crippen molar-refractivity contribution >= 4 is 16.5 Å². The van der Waals surface area contributed by atoms with Crippen LogP contribution >= 0.6 is 11.3 Å². The van der Waals surface area contributed by atoms with Crippen molar-refractivity contribution in [2.75, 3.05) is 24.5 Å². The Bertz CT molecular complexity index is 416. The zero-order valence-corrected chi connectivity index (χ0v) is 14.2. The van der Waals surface area contributed by atoms with Crippen molar-refractivity contribution in [3.05, 3.63) is 10.6 Å². The van der Waals surface area contributed by atoms with Crippen LogP contribution in [0.15, 0.2) is 0 Å². The molecule has 2 heterocycles. The summed E-state index contributed by atoms with van der Waals surface area (Å²) in [7, 11) is 0. The van der Waals surface area contributed by atoms with Crippen LogP contribution in [0.5, 0.6) is 0 Å². The predicted octanol–water partition coefficient (Wildman–Crippen LogP) is 3.69. The van der Waals surface area contributed by atoms with Gasteiger partial charge in [0, 0.05) is 24.5 Å². The first-order valence-corrected chi connectivity index (χ1v) is 8.91. The molecule has 20 heavy (non-hydrogen) atoms. The number of hydrogen-bond acceptors (Lipinski definition) is 4. The molecule has 1 aromatic heterocycles. The normalized spacial score (nSPS) is 23.3. The molecule has 0 aliphatic carbocycles. The molecular weight excluding hydrogens is 266 g/mol. The maximum Gasteiger partial charge on any atom is 0.185 e. The highest BCUT2D eigenvalue weighted by Crippen LogP contribution is 2.32. The van der Waals surface area contributed by atoms with Crippen LogP contribution in [0.3, 0.4) is 0 Å². The third-order valence-electron chi connectivity index (χ3n) is 4.42. The minimum Gasteiger partial charge on any atom is -0.348 e. The molecule has 4 heteroatoms. The van der Waals surface area contributed by atoms with Crippen molar-refractivity contribution in [1.82, 2.24) is 10.3 Å². The summed E-state index contributed by atoms with van der Waals surface area (Å²) in [6.45, 7) is 13.6. The number of rotatable bonds is 6. The van der Waals surface area contributed by atoms with Gasteiger partial charge in [-0.3, -0.25) is 0 Å². The van der Waals surface area contributed by atoms with E-state index in [2.05, 4.69) is 37.9 Å². The second-order valence-corrected chi connectivity index (χ2v) is 7.15. The molecule has 0 radical (unpaired) electrons. The molecule has 2 unspecified atom stereocenters. The summed E-state index contributed by atoms with van der Waals surface area (Å²) in [4.78, 5) is 8.83. The zero-order chi connectivity index (χ0) is 14.5. The Morgan fingerprint density at radius 2 is 2.10 bits per heavy atom. The number of thiazole rings is 1. The van der Waals surface area contributed by atoms with Crippen LogP contribution in [-0.4, -0.2) is 24.6 Å². The lowest BCUT2D eigenvalue weighted by Crippen LogP contribution is -2.38. The molecule has 0 bridgehead atoms. The van der Waals surface area contributed by atoms with Crippen molar-refractivity contribution in [3.63, 3.8) is 0 Å². The van der Waals surface area contributed by atoms with E-state index in [-0.39, 0.29) is 0 Å². The highest BCUT2D eigenvalue weighted by Gasteiger charge is 2.25. The SMILES string of the molecule is CCCNCc1sc(N2CCC(C)C(C)C2)nc1CC. The maximum absolute atomic E-state index is 4.90. The molecule has 3 nitrogen and oxygen atoms in total. The van der Waals surface area contributed by atoms with Crippen LogP contribution in [0, 0.1) is 11.8 Å². The Morgan fingerprint density at radius 3 is 2.75 bits per heavy atom. The van der Waals surface area contributed by atoms with Gasteiger partial charge in [-0.05, 0) is 37.6 Å². The summed E-state index contributed by atoms with van der Waals surface area (Å²) in [6.07, 6.45) is 3.53. The number of aryl methyl sites for hydroxylation is 1. The van der Waals surface area contributed by atoms with E-state index in [4.69, 9.17) is 4.98 Å². The van der Waals surface area contributed by atoms with Crippen molar-refractivity contribution < 1.29 is 0 Å². The molecule has 1 aliphatic rings. The van der Waals surface area contributed by atoms with Gasteiger partial charge in [0.05, 0.1) is 5.69 Å². The highest BCUT2D eigenvalue weighted by molar-refractivity contribution is 7.15. The molecule has 0 spiro atoms. The molecule has 1 saturated heterocycles. The predicted molar refractivity (Wildman–Crippen MR) is 88.6 cm³/mol. The quantitative estimate of drug-likeness (QED) is 0.811. The Kier molecular flexibility index (Phi) is 5.85. The van der Waals surface area contributed by atoms with E-state index in [1.807, 2.05) is 11.3 Å². The Labute approximate surface area is 127 Å². The van der Waals surface area contributed by atoms with E-state index < -0.39 is 0 Å². The van der Waals surface area contributed by atoms with Crippen molar-refractivity contribution in [2.24, 2.45) is 11.8 Å². The molecule has 0 amide bonds. The minimum atomic E-state index is 0.777. The molecular formula is C16H29N3S. The molecule has 114 valence electrons. The van der Waals surface area contributed by atoms with Gasteiger partial charge in [0.2, 0.25) is 0 Å². The van der Waals surface area contributed by atoms with Crippen molar-refractivity contribution in [2.45, 2.75) is 53.5 Å². The van der Waals surface area contributed by atoms with E-state index in [0.29, 0.717) is 0 Å². The summed E-state index contributed by atoms with van der Waals surface area (Å²) in [5.41, 5.74) is 1.29. The second kappa shape index (κ2) is 7.41. The standard InChI is InChI=1S/C16H29N3S/c1-5-8-17-10-15-14(6-2)18-16(20-15)19-9-7-12(3)13(4)11-19/h12-13,17H,5-11H2,1-4H3. The average Bonchev–Trinajstić information content (AvgIpc) is 2.85. The van der Waals surface area contributed by atoms with Gasteiger partial charge < -0.3 is 10.2 Å². The highest BCUT2D eigenvalue weighted by atomic mass is 32.1. The molecule has 0 aromatic carbocycles. The van der Waals surface area contributed by atoms with Gasteiger partial charge in [-0.1, -0.05) is 27.7 Å². The number of anilines is 1. The fraction of sp³-hybridized carbons (Fsp3) is 0.812. The summed E-state index contributed by atoms with van der Waals surface area (Å²) >= 11 is 1.90. The van der Waals surface area contributed by atoms with E-state index in [0.717, 1.165) is 31.3 Å². The number of nitrogens with one attached hydrogen (secondary N) is 1. The Hall–Kier alpha value is -0.610. The average molecular weight is 295 g/mol. The van der Waals surface area contributed by atoms with Crippen molar-refractivity contribution in [3.8, 4) is 0 Å². The summed E-state index contributed by atoms with van der Waals surface area (Å²) in [5, 5.41) is 4.75. The smallest absolute Gasteiger partial charge is 0.185 e. The largest absolute Gasteiger partial charge is 0.348 e. The number of piperidine rings is 1. The first kappa shape index (κ1) is 15.8. The molecule has 1 aliphatic heterocycles. The van der Waals surface area contributed by atoms with E-state index in [1.165, 1.54) is 41.6 Å². The van der Waals surface area contributed by atoms with Gasteiger partial charge in [0.25, 0.3) is 0 Å². The minimum absolute atomic E-state index is 0.777. The van der Waals surface area contributed by atoms with E-state index in [9.17, 15) is 0 Å². The monoisotopic (exact) mass is 295 g/mol. The zero-order valence-electron chi connectivity index (χ0n) is 13.4. The number of nitrogens with zero attached hydrogens (tertiary/aromatic N) is 2. The fourth-order valence-corrected chi connectivity index (χ4v) is 3.89. The third kappa shape index (κ3) is 3.73. The number of aromatic nitrogens is 1. The third-order valence-corrected chi connectivity index (χ3v) is 5.58. The van der Waals surface area contributed by atoms with Crippen molar-refractivity contribution in [1.29, 1.82) is 0 Å². The lowest BCUT2D eigenvalue weighted by molar-refractivity contribution is 0.323. The van der Waals surface area contributed by atoms with Crippen LogP contribution in [0.4, 0.5) is 5.13 Å². The van der Waals surface area contributed by atoms with Crippen LogP contribution in [-0.2, 0) is 13.0 Å². The van der Waals surface area contributed by atoms with Crippen LogP contribution in [0.25, 0.3) is 0 Å². The first-order chi connectivity index (χ1) is 9.65. The first-order valence-electron chi connectivity index (χ1n) is 8.09. The fourth-order valence-electron chi connectivity index (χ4n) is 2.73. The van der Waals surface area contributed by atoms with Gasteiger partial charge in [-0.25, -0.2) is 4.98 Å². The van der Waals surface area contributed by atoms with Gasteiger partial charge >= 0.3 is 0 Å². The summed E-state index contributed by atoms with van der Waals surface area (Å²) in [5.74, 6) is 1.63. The van der Waals surface area contributed by atoms with Gasteiger partial charge in [0.15, 0.2) is 5.13 Å². The van der Waals surface area contributed by atoms with Gasteiger partial charge in [-0.2, -0.15) is 0 Å². The van der Waals surface area contributed by atoms with Gasteiger partial charge in [-0.15, -0.1) is 11.3 Å². The summed E-state index contributed by atoms with van der Waals surface area (Å²) < 4.78 is 0. The molecule has 1 N–H and O–H groups in total. The molecule has 2 atom stereocenters. The van der Waals surface area contributed by atoms with E-state index >= 15 is 0 Å². The van der Waals surface area contributed by atoms with Gasteiger partial charge in [0.1, 0.15) is 0 Å². The van der Waals surface area contributed by atoms with E-state index in [1.54, 1.807) is 0 Å². The molecule has 0 saturated carbocycles. The van der Waals surface area contributed by atoms with Crippen LogP contribution < -0.4 is 10.2 Å². The Morgan fingerprint density at radius 1 is 1.30 bits per heavy atom. The molecule has 1 aromatic rings. The Balaban J connectivity index is 2.04. The topological polar surface area (TPSA) is 28.2 Å².